The summed E-state index contributed by atoms with van der Waals surface area (Å²) >= 11 is 0. The quantitative estimate of drug-likeness (QED) is 0.838. The SMILES string of the molecule is CC(CN1CCC(CNC(C)(C)C)CC1)OC(C)(C)C. The number of ether oxygens (including phenoxy) is 1. The van der Waals surface area contributed by atoms with Crippen molar-refractivity contribution in [3.63, 3.8) is 0 Å². The van der Waals surface area contributed by atoms with Gasteiger partial charge >= 0.3 is 0 Å². The van der Waals surface area contributed by atoms with Crippen molar-refractivity contribution in [2.75, 3.05) is 26.2 Å². The molecule has 0 saturated carbocycles. The molecule has 1 N–H and O–H groups in total. The molecule has 0 aliphatic carbocycles. The third-order valence-corrected chi connectivity index (χ3v) is 3.70. The van der Waals surface area contributed by atoms with Crippen LogP contribution in [0, 0.1) is 5.92 Å². The molecule has 0 aromatic carbocycles. The van der Waals surface area contributed by atoms with Gasteiger partial charge in [-0.1, -0.05) is 0 Å². The molecule has 20 heavy (non-hydrogen) atoms. The minimum Gasteiger partial charge on any atom is -0.372 e. The molecule has 1 fully saturated rings. The van der Waals surface area contributed by atoms with E-state index in [0.29, 0.717) is 6.10 Å². The van der Waals surface area contributed by atoms with Crippen molar-refractivity contribution in [3.8, 4) is 0 Å². The molecular formula is C17H36N2O. The highest BCUT2D eigenvalue weighted by atomic mass is 16.5. The minimum absolute atomic E-state index is 0.0334. The molecule has 1 heterocycles. The smallest absolute Gasteiger partial charge is 0.0681 e. The van der Waals surface area contributed by atoms with E-state index in [-0.39, 0.29) is 11.1 Å². The lowest BCUT2D eigenvalue weighted by Gasteiger charge is -2.36. The number of nitrogens with zero attached hydrogens (tertiary/aromatic N) is 1. The first-order valence-electron chi connectivity index (χ1n) is 8.20. The summed E-state index contributed by atoms with van der Waals surface area (Å²) in [5.41, 5.74) is 0.209. The van der Waals surface area contributed by atoms with Gasteiger partial charge < -0.3 is 15.0 Å². The zero-order valence-corrected chi connectivity index (χ0v) is 14.8. The molecule has 1 aliphatic heterocycles. The van der Waals surface area contributed by atoms with Gasteiger partial charge in [-0.3, -0.25) is 0 Å². The van der Waals surface area contributed by atoms with Crippen LogP contribution in [0.3, 0.4) is 0 Å². The summed E-state index contributed by atoms with van der Waals surface area (Å²) in [4.78, 5) is 2.56. The van der Waals surface area contributed by atoms with Crippen LogP contribution in [-0.4, -0.2) is 48.3 Å². The minimum atomic E-state index is -0.0334. The summed E-state index contributed by atoms with van der Waals surface area (Å²) in [5, 5.41) is 3.64. The number of nitrogens with one attached hydrogen (secondary N) is 1. The molecule has 0 amide bonds. The molecule has 0 radical (unpaired) electrons. The van der Waals surface area contributed by atoms with Crippen molar-refractivity contribution in [2.24, 2.45) is 5.92 Å². The zero-order chi connectivity index (χ0) is 15.4. The Morgan fingerprint density at radius 3 is 2.10 bits per heavy atom. The fourth-order valence-electron chi connectivity index (χ4n) is 2.83. The van der Waals surface area contributed by atoms with E-state index in [9.17, 15) is 0 Å². The number of likely N-dealkylation sites (tertiary alicyclic amines) is 1. The lowest BCUT2D eigenvalue weighted by molar-refractivity contribution is -0.0654. The molecule has 0 bridgehead atoms. The molecule has 0 aromatic heterocycles. The molecule has 1 rings (SSSR count). The summed E-state index contributed by atoms with van der Waals surface area (Å²) in [6, 6.07) is 0. The second-order valence-corrected chi connectivity index (χ2v) is 8.42. The summed E-state index contributed by atoms with van der Waals surface area (Å²) in [5.74, 6) is 0.837. The van der Waals surface area contributed by atoms with Gasteiger partial charge in [0.15, 0.2) is 0 Å². The lowest BCUT2D eigenvalue weighted by atomic mass is 9.95. The van der Waals surface area contributed by atoms with E-state index in [2.05, 4.69) is 58.7 Å². The molecular weight excluding hydrogens is 248 g/mol. The molecule has 120 valence electrons. The second kappa shape index (κ2) is 7.24. The Labute approximate surface area is 126 Å². The van der Waals surface area contributed by atoms with Gasteiger partial charge in [-0.15, -0.1) is 0 Å². The Kier molecular flexibility index (Phi) is 6.49. The van der Waals surface area contributed by atoms with E-state index in [0.717, 1.165) is 19.0 Å². The Morgan fingerprint density at radius 2 is 1.65 bits per heavy atom. The third kappa shape index (κ3) is 8.23. The molecule has 3 nitrogen and oxygen atoms in total. The van der Waals surface area contributed by atoms with E-state index in [1.165, 1.54) is 25.9 Å². The van der Waals surface area contributed by atoms with Gasteiger partial charge in [0.25, 0.3) is 0 Å². The van der Waals surface area contributed by atoms with Crippen LogP contribution < -0.4 is 5.32 Å². The first-order valence-corrected chi connectivity index (χ1v) is 8.20. The van der Waals surface area contributed by atoms with Crippen LogP contribution in [0.25, 0.3) is 0 Å². The first-order chi connectivity index (χ1) is 9.05. The molecule has 3 heteroatoms. The van der Waals surface area contributed by atoms with Crippen LogP contribution in [0.15, 0.2) is 0 Å². The highest BCUT2D eigenvalue weighted by Crippen LogP contribution is 2.19. The summed E-state index contributed by atoms with van der Waals surface area (Å²) in [6.07, 6.45) is 2.94. The number of piperidine rings is 1. The Hall–Kier alpha value is -0.120. The van der Waals surface area contributed by atoms with Crippen molar-refractivity contribution in [1.82, 2.24) is 10.2 Å². The Morgan fingerprint density at radius 1 is 1.10 bits per heavy atom. The first kappa shape index (κ1) is 17.9. The Bertz CT molecular complexity index is 270. The maximum atomic E-state index is 6.01. The average Bonchev–Trinajstić information content (AvgIpc) is 2.24. The lowest BCUT2D eigenvalue weighted by Crippen LogP contribution is -2.44. The van der Waals surface area contributed by atoms with Crippen molar-refractivity contribution in [2.45, 2.75) is 78.6 Å². The molecule has 0 aromatic rings. The van der Waals surface area contributed by atoms with Crippen molar-refractivity contribution < 1.29 is 4.74 Å². The largest absolute Gasteiger partial charge is 0.372 e. The molecule has 1 aliphatic rings. The van der Waals surface area contributed by atoms with Gasteiger partial charge in [0.1, 0.15) is 0 Å². The maximum Gasteiger partial charge on any atom is 0.0681 e. The highest BCUT2D eigenvalue weighted by molar-refractivity contribution is 4.79. The van der Waals surface area contributed by atoms with Crippen LogP contribution in [-0.2, 0) is 4.74 Å². The molecule has 1 saturated heterocycles. The van der Waals surface area contributed by atoms with E-state index in [1.807, 2.05) is 0 Å². The fourth-order valence-corrected chi connectivity index (χ4v) is 2.83. The van der Waals surface area contributed by atoms with Crippen LogP contribution in [0.5, 0.6) is 0 Å². The van der Waals surface area contributed by atoms with Crippen molar-refractivity contribution in [3.05, 3.63) is 0 Å². The molecule has 1 atom stereocenters. The predicted octanol–water partition coefficient (Wildman–Crippen LogP) is 3.29. The topological polar surface area (TPSA) is 24.5 Å². The van der Waals surface area contributed by atoms with E-state index in [1.54, 1.807) is 0 Å². The summed E-state index contributed by atoms with van der Waals surface area (Å²) < 4.78 is 6.01. The van der Waals surface area contributed by atoms with Crippen LogP contribution in [0.2, 0.25) is 0 Å². The van der Waals surface area contributed by atoms with Crippen molar-refractivity contribution >= 4 is 0 Å². The second-order valence-electron chi connectivity index (χ2n) is 8.42. The van der Waals surface area contributed by atoms with Gasteiger partial charge in [0, 0.05) is 12.1 Å². The Balaban J connectivity index is 2.22. The van der Waals surface area contributed by atoms with Gasteiger partial charge in [0.05, 0.1) is 11.7 Å². The van der Waals surface area contributed by atoms with Crippen LogP contribution in [0.4, 0.5) is 0 Å². The average molecular weight is 284 g/mol. The van der Waals surface area contributed by atoms with E-state index < -0.39 is 0 Å². The summed E-state index contributed by atoms with van der Waals surface area (Å²) in [7, 11) is 0. The van der Waals surface area contributed by atoms with E-state index in [4.69, 9.17) is 4.74 Å². The van der Waals surface area contributed by atoms with Gasteiger partial charge in [-0.25, -0.2) is 0 Å². The number of rotatable bonds is 5. The predicted molar refractivity (Wildman–Crippen MR) is 87.2 cm³/mol. The van der Waals surface area contributed by atoms with Gasteiger partial charge in [-0.2, -0.15) is 0 Å². The molecule has 0 spiro atoms. The number of hydrogen-bond acceptors (Lipinski definition) is 3. The van der Waals surface area contributed by atoms with Gasteiger partial charge in [0.2, 0.25) is 0 Å². The van der Waals surface area contributed by atoms with Gasteiger partial charge in [-0.05, 0) is 86.9 Å². The van der Waals surface area contributed by atoms with Crippen LogP contribution >= 0.6 is 0 Å². The monoisotopic (exact) mass is 284 g/mol. The highest BCUT2D eigenvalue weighted by Gasteiger charge is 2.23. The van der Waals surface area contributed by atoms with Crippen molar-refractivity contribution in [1.29, 1.82) is 0 Å². The number of hydrogen-bond donors (Lipinski definition) is 1. The maximum absolute atomic E-state index is 6.01. The zero-order valence-electron chi connectivity index (χ0n) is 14.8. The van der Waals surface area contributed by atoms with Crippen LogP contribution in [0.1, 0.15) is 61.3 Å². The fraction of sp³-hybridized carbons (Fsp3) is 1.00. The summed E-state index contributed by atoms with van der Waals surface area (Å²) in [6.45, 7) is 20.0. The normalized spacial score (nSPS) is 21.1. The van der Waals surface area contributed by atoms with E-state index >= 15 is 0 Å². The standard InChI is InChI=1S/C17H36N2O/c1-14(20-17(5,6)7)13-19-10-8-15(9-11-19)12-18-16(2,3)4/h14-15,18H,8-13H2,1-7H3. The molecule has 1 unspecified atom stereocenters. The third-order valence-electron chi connectivity index (χ3n) is 3.70.